The third-order valence-electron chi connectivity index (χ3n) is 5.12. The molecule has 9 heteroatoms. The van der Waals surface area contributed by atoms with Crippen LogP contribution in [-0.4, -0.2) is 37.6 Å². The molecule has 0 bridgehead atoms. The van der Waals surface area contributed by atoms with Gasteiger partial charge in [-0.2, -0.15) is 0 Å². The number of hydrogen-bond donors (Lipinski definition) is 2. The third-order valence-corrected chi connectivity index (χ3v) is 5.45. The summed E-state index contributed by atoms with van der Waals surface area (Å²) in [5.41, 5.74) is 1.80. The number of carbonyl (C=O) groups excluding carboxylic acids is 2. The Labute approximate surface area is 206 Å². The molecule has 0 aliphatic heterocycles. The number of methoxy groups -OCH3 is 2. The van der Waals surface area contributed by atoms with Gasteiger partial charge in [0.15, 0.2) is 6.61 Å². The van der Waals surface area contributed by atoms with Crippen LogP contribution in [0.15, 0.2) is 72.9 Å². The Balaban J connectivity index is 1.49. The number of carbonyl (C=O) groups is 2. The maximum Gasteiger partial charge on any atom is 0.262 e. The molecule has 0 fully saturated rings. The van der Waals surface area contributed by atoms with E-state index in [4.69, 9.17) is 25.8 Å². The third kappa shape index (κ3) is 5.44. The van der Waals surface area contributed by atoms with Crippen molar-refractivity contribution >= 4 is 45.7 Å². The molecule has 4 aromatic rings. The molecule has 0 atom stereocenters. The van der Waals surface area contributed by atoms with Crippen LogP contribution < -0.4 is 24.8 Å². The predicted octanol–water partition coefficient (Wildman–Crippen LogP) is 5.18. The molecule has 178 valence electrons. The average Bonchev–Trinajstić information content (AvgIpc) is 2.89. The summed E-state index contributed by atoms with van der Waals surface area (Å²) in [5.74, 6) is 0.384. The Kier molecular flexibility index (Phi) is 7.32. The lowest BCUT2D eigenvalue weighted by molar-refractivity contribution is -0.118. The molecule has 35 heavy (non-hydrogen) atoms. The van der Waals surface area contributed by atoms with Crippen LogP contribution in [0.1, 0.15) is 10.4 Å². The minimum Gasteiger partial charge on any atom is -0.494 e. The molecule has 1 aromatic heterocycles. The van der Waals surface area contributed by atoms with E-state index in [-0.39, 0.29) is 12.5 Å². The Bertz CT molecular complexity index is 1380. The van der Waals surface area contributed by atoms with Gasteiger partial charge in [0.1, 0.15) is 22.8 Å². The lowest BCUT2D eigenvalue weighted by atomic mass is 10.2. The second-order valence-electron chi connectivity index (χ2n) is 7.35. The highest BCUT2D eigenvalue weighted by atomic mass is 35.5. The number of halogens is 1. The number of hydrogen-bond acceptors (Lipinski definition) is 6. The summed E-state index contributed by atoms with van der Waals surface area (Å²) in [6.45, 7) is -0.273. The molecule has 0 aliphatic carbocycles. The van der Waals surface area contributed by atoms with Crippen molar-refractivity contribution in [3.8, 4) is 17.2 Å². The van der Waals surface area contributed by atoms with Gasteiger partial charge < -0.3 is 24.8 Å². The van der Waals surface area contributed by atoms with Crippen molar-refractivity contribution in [3.05, 3.63) is 83.5 Å². The van der Waals surface area contributed by atoms with E-state index in [0.29, 0.717) is 44.7 Å². The highest BCUT2D eigenvalue weighted by Crippen LogP contribution is 2.37. The zero-order valence-electron chi connectivity index (χ0n) is 19.0. The average molecular weight is 492 g/mol. The van der Waals surface area contributed by atoms with Gasteiger partial charge in [-0.25, -0.2) is 0 Å². The number of anilines is 2. The van der Waals surface area contributed by atoms with Gasteiger partial charge in [-0.15, -0.1) is 0 Å². The van der Waals surface area contributed by atoms with E-state index in [1.807, 2.05) is 12.1 Å². The van der Waals surface area contributed by atoms with Gasteiger partial charge in [0.25, 0.3) is 11.8 Å². The van der Waals surface area contributed by atoms with Crippen molar-refractivity contribution in [2.24, 2.45) is 0 Å². The number of rotatable bonds is 8. The molecule has 8 nitrogen and oxygen atoms in total. The van der Waals surface area contributed by atoms with Gasteiger partial charge in [0.05, 0.1) is 30.6 Å². The van der Waals surface area contributed by atoms with Crippen molar-refractivity contribution in [3.63, 3.8) is 0 Å². The fourth-order valence-electron chi connectivity index (χ4n) is 3.44. The largest absolute Gasteiger partial charge is 0.494 e. The van der Waals surface area contributed by atoms with Gasteiger partial charge in [-0.3, -0.25) is 14.6 Å². The molecule has 0 saturated carbocycles. The molecular formula is C26H22ClN3O5. The van der Waals surface area contributed by atoms with Gasteiger partial charge in [0, 0.05) is 29.3 Å². The van der Waals surface area contributed by atoms with Gasteiger partial charge in [0.2, 0.25) is 0 Å². The Hall–Kier alpha value is -4.30. The summed E-state index contributed by atoms with van der Waals surface area (Å²) in [7, 11) is 2.93. The highest BCUT2D eigenvalue weighted by molar-refractivity contribution is 6.35. The summed E-state index contributed by atoms with van der Waals surface area (Å²) in [4.78, 5) is 29.5. The van der Waals surface area contributed by atoms with E-state index in [2.05, 4.69) is 15.6 Å². The summed E-state index contributed by atoms with van der Waals surface area (Å²) in [5, 5.41) is 6.82. The first-order valence-electron chi connectivity index (χ1n) is 10.6. The van der Waals surface area contributed by atoms with Gasteiger partial charge in [-0.1, -0.05) is 29.8 Å². The van der Waals surface area contributed by atoms with Crippen LogP contribution in [0.4, 0.5) is 11.4 Å². The quantitative estimate of drug-likeness (QED) is 0.352. The number of benzene rings is 3. The molecule has 1 heterocycles. The minimum absolute atomic E-state index is 0.273. The van der Waals surface area contributed by atoms with E-state index in [1.165, 1.54) is 14.2 Å². The number of ether oxygens (including phenoxy) is 3. The molecule has 2 amide bonds. The topological polar surface area (TPSA) is 98.8 Å². The van der Waals surface area contributed by atoms with Crippen LogP contribution in [0.2, 0.25) is 5.02 Å². The maximum absolute atomic E-state index is 12.7. The second kappa shape index (κ2) is 10.8. The standard InChI is InChI=1S/C26H22ClN3O5/c1-33-22-14-20(30-26(32)16-7-4-3-5-8-16)23(34-2)13-19(22)29-24(31)15-35-21-11-10-18(27)17-9-6-12-28-25(17)21/h3-14H,15H2,1-2H3,(H,29,31)(H,30,32). The summed E-state index contributed by atoms with van der Waals surface area (Å²) in [6, 6.07) is 18.9. The minimum atomic E-state index is -0.426. The van der Waals surface area contributed by atoms with Crippen LogP contribution in [0.5, 0.6) is 17.2 Å². The lowest BCUT2D eigenvalue weighted by Gasteiger charge is -2.16. The Morgan fingerprint density at radius 2 is 1.54 bits per heavy atom. The number of aromatic nitrogens is 1. The van der Waals surface area contributed by atoms with Gasteiger partial charge >= 0.3 is 0 Å². The molecular weight excluding hydrogens is 470 g/mol. The number of fused-ring (bicyclic) bond motifs is 1. The van der Waals surface area contributed by atoms with Crippen molar-refractivity contribution < 1.29 is 23.8 Å². The molecule has 0 aliphatic rings. The van der Waals surface area contributed by atoms with Crippen molar-refractivity contribution in [2.45, 2.75) is 0 Å². The maximum atomic E-state index is 12.7. The summed E-state index contributed by atoms with van der Waals surface area (Å²) in [6.07, 6.45) is 1.63. The fourth-order valence-corrected chi connectivity index (χ4v) is 3.65. The van der Waals surface area contributed by atoms with E-state index in [9.17, 15) is 9.59 Å². The van der Waals surface area contributed by atoms with E-state index in [1.54, 1.807) is 60.8 Å². The number of amides is 2. The number of nitrogens with one attached hydrogen (secondary N) is 2. The first kappa shape index (κ1) is 23.8. The van der Waals surface area contributed by atoms with Crippen LogP contribution in [0.25, 0.3) is 10.9 Å². The molecule has 3 aromatic carbocycles. The fraction of sp³-hybridized carbons (Fsp3) is 0.115. The predicted molar refractivity (Wildman–Crippen MR) is 135 cm³/mol. The summed E-state index contributed by atoms with van der Waals surface area (Å²) < 4.78 is 16.5. The van der Waals surface area contributed by atoms with E-state index >= 15 is 0 Å². The van der Waals surface area contributed by atoms with Crippen molar-refractivity contribution in [1.29, 1.82) is 0 Å². The van der Waals surface area contributed by atoms with E-state index < -0.39 is 5.91 Å². The van der Waals surface area contributed by atoms with Crippen LogP contribution >= 0.6 is 11.6 Å². The molecule has 0 radical (unpaired) electrons. The van der Waals surface area contributed by atoms with Crippen molar-refractivity contribution in [1.82, 2.24) is 4.98 Å². The zero-order chi connectivity index (χ0) is 24.8. The molecule has 0 unspecified atom stereocenters. The van der Waals surface area contributed by atoms with E-state index in [0.717, 1.165) is 5.39 Å². The lowest BCUT2D eigenvalue weighted by Crippen LogP contribution is -2.21. The Morgan fingerprint density at radius 3 is 2.23 bits per heavy atom. The zero-order valence-corrected chi connectivity index (χ0v) is 19.8. The normalized spacial score (nSPS) is 10.5. The van der Waals surface area contributed by atoms with Gasteiger partial charge in [-0.05, 0) is 36.4 Å². The highest BCUT2D eigenvalue weighted by Gasteiger charge is 2.17. The molecule has 0 spiro atoms. The smallest absolute Gasteiger partial charge is 0.262 e. The number of nitrogens with zero attached hydrogens (tertiary/aromatic N) is 1. The molecule has 2 N–H and O–H groups in total. The first-order chi connectivity index (χ1) is 17.0. The SMILES string of the molecule is COc1cc(NC(=O)c2ccccc2)c(OC)cc1NC(=O)COc1ccc(Cl)c2cccnc12. The van der Waals surface area contributed by atoms with Crippen LogP contribution in [-0.2, 0) is 4.79 Å². The first-order valence-corrected chi connectivity index (χ1v) is 11.0. The van der Waals surface area contributed by atoms with Crippen LogP contribution in [0.3, 0.4) is 0 Å². The van der Waals surface area contributed by atoms with Crippen molar-refractivity contribution in [2.75, 3.05) is 31.5 Å². The second-order valence-corrected chi connectivity index (χ2v) is 7.76. The molecule has 0 saturated heterocycles. The number of pyridine rings is 1. The molecule has 4 rings (SSSR count). The van der Waals surface area contributed by atoms with Crippen LogP contribution in [0, 0.1) is 0 Å². The monoisotopic (exact) mass is 491 g/mol. The Morgan fingerprint density at radius 1 is 0.857 bits per heavy atom. The summed E-state index contributed by atoms with van der Waals surface area (Å²) >= 11 is 6.21.